The van der Waals surface area contributed by atoms with Crippen molar-refractivity contribution in [2.24, 2.45) is 0 Å². The zero-order valence-corrected chi connectivity index (χ0v) is 8.48. The van der Waals surface area contributed by atoms with Gasteiger partial charge in [-0.1, -0.05) is 0 Å². The Labute approximate surface area is 90.1 Å². The van der Waals surface area contributed by atoms with Gasteiger partial charge in [-0.3, -0.25) is 4.79 Å². The number of hydrogen-bond acceptors (Lipinski definition) is 4. The minimum Gasteiger partial charge on any atom is -0.506 e. The summed E-state index contributed by atoms with van der Waals surface area (Å²) in [4.78, 5) is 10.6. The van der Waals surface area contributed by atoms with Crippen molar-refractivity contribution in [2.45, 2.75) is 6.92 Å². The van der Waals surface area contributed by atoms with Crippen LogP contribution in [0.1, 0.15) is 17.3 Å². The number of fused-ring (bicyclic) bond motifs is 1. The monoisotopic (exact) mass is 224 g/mol. The van der Waals surface area contributed by atoms with E-state index in [1.54, 1.807) is 6.92 Å². The Morgan fingerprint density at radius 1 is 1.69 bits per heavy atom. The third kappa shape index (κ3) is 1.48. The average molecular weight is 224 g/mol. The number of ether oxygens (including phenoxy) is 1. The fourth-order valence-corrected chi connectivity index (χ4v) is 1.48. The Morgan fingerprint density at radius 2 is 2.44 bits per heavy atom. The van der Waals surface area contributed by atoms with Crippen molar-refractivity contribution in [3.8, 4) is 11.5 Å². The van der Waals surface area contributed by atoms with E-state index in [0.717, 1.165) is 4.52 Å². The number of aromatic hydroxyl groups is 1. The molecule has 6 heteroatoms. The van der Waals surface area contributed by atoms with Crippen LogP contribution in [0.5, 0.6) is 11.5 Å². The molecule has 0 bridgehead atoms. The number of carbonyl (C=O) groups is 1. The van der Waals surface area contributed by atoms with Crippen LogP contribution in [0.25, 0.3) is 5.52 Å². The zero-order valence-electron chi connectivity index (χ0n) is 8.48. The highest BCUT2D eigenvalue weighted by atomic mass is 19.1. The number of aldehydes is 1. The van der Waals surface area contributed by atoms with Gasteiger partial charge in [-0.15, -0.1) is 5.10 Å². The summed E-state index contributed by atoms with van der Waals surface area (Å²) in [6.45, 7) is 2.19. The summed E-state index contributed by atoms with van der Waals surface area (Å²) in [6.07, 6.45) is 1.71. The quantitative estimate of drug-likeness (QED) is 0.800. The summed E-state index contributed by atoms with van der Waals surface area (Å²) in [5, 5.41) is 13.1. The molecule has 0 fully saturated rings. The van der Waals surface area contributed by atoms with Crippen LogP contribution in [0.15, 0.2) is 12.3 Å². The van der Waals surface area contributed by atoms with Crippen molar-refractivity contribution in [1.82, 2.24) is 9.61 Å². The maximum absolute atomic E-state index is 13.2. The lowest BCUT2D eigenvalue weighted by molar-refractivity contribution is 0.112. The molecule has 0 spiro atoms. The number of nitrogens with zero attached hydrogens (tertiary/aromatic N) is 2. The summed E-state index contributed by atoms with van der Waals surface area (Å²) in [5.41, 5.74) is -0.225. The summed E-state index contributed by atoms with van der Waals surface area (Å²) in [6, 6.07) is 1.31. The molecule has 2 heterocycles. The second-order valence-electron chi connectivity index (χ2n) is 3.11. The molecule has 16 heavy (non-hydrogen) atoms. The third-order valence-corrected chi connectivity index (χ3v) is 2.10. The largest absolute Gasteiger partial charge is 0.506 e. The van der Waals surface area contributed by atoms with Crippen LogP contribution in [0.2, 0.25) is 0 Å². The van der Waals surface area contributed by atoms with Gasteiger partial charge in [0.05, 0.1) is 12.8 Å². The fourth-order valence-electron chi connectivity index (χ4n) is 1.48. The normalized spacial score (nSPS) is 10.6. The molecule has 84 valence electrons. The molecule has 1 N–H and O–H groups in total. The first-order valence-electron chi connectivity index (χ1n) is 4.66. The van der Waals surface area contributed by atoms with Gasteiger partial charge in [0.15, 0.2) is 6.29 Å². The van der Waals surface area contributed by atoms with Crippen molar-refractivity contribution in [1.29, 1.82) is 0 Å². The highest BCUT2D eigenvalue weighted by Crippen LogP contribution is 2.27. The number of aromatic nitrogens is 2. The van der Waals surface area contributed by atoms with Crippen LogP contribution in [-0.2, 0) is 0 Å². The summed E-state index contributed by atoms with van der Waals surface area (Å²) in [7, 11) is 0. The number of rotatable bonds is 3. The highest BCUT2D eigenvalue weighted by molar-refractivity contribution is 5.89. The van der Waals surface area contributed by atoms with Crippen LogP contribution in [0.4, 0.5) is 4.39 Å². The van der Waals surface area contributed by atoms with Crippen molar-refractivity contribution < 1.29 is 19.0 Å². The first kappa shape index (κ1) is 10.4. The van der Waals surface area contributed by atoms with E-state index in [9.17, 15) is 14.3 Å². The van der Waals surface area contributed by atoms with Crippen molar-refractivity contribution in [2.75, 3.05) is 6.61 Å². The lowest BCUT2D eigenvalue weighted by Gasteiger charge is -2.04. The summed E-state index contributed by atoms with van der Waals surface area (Å²) >= 11 is 0. The van der Waals surface area contributed by atoms with Gasteiger partial charge in [-0.25, -0.2) is 4.52 Å². The zero-order chi connectivity index (χ0) is 11.7. The van der Waals surface area contributed by atoms with Gasteiger partial charge < -0.3 is 9.84 Å². The fraction of sp³-hybridized carbons (Fsp3) is 0.200. The van der Waals surface area contributed by atoms with E-state index in [1.807, 2.05) is 0 Å². The molecule has 0 aromatic carbocycles. The lowest BCUT2D eigenvalue weighted by atomic mass is 10.2. The molecular weight excluding hydrogens is 215 g/mol. The van der Waals surface area contributed by atoms with Crippen LogP contribution in [0.3, 0.4) is 0 Å². The molecule has 0 radical (unpaired) electrons. The van der Waals surface area contributed by atoms with Gasteiger partial charge in [0.1, 0.15) is 22.6 Å². The van der Waals surface area contributed by atoms with Crippen molar-refractivity contribution in [3.05, 3.63) is 23.8 Å². The molecule has 0 saturated carbocycles. The maximum atomic E-state index is 13.2. The van der Waals surface area contributed by atoms with E-state index >= 15 is 0 Å². The Kier molecular flexibility index (Phi) is 2.47. The van der Waals surface area contributed by atoms with Crippen LogP contribution in [0, 0.1) is 5.95 Å². The molecule has 0 aliphatic rings. The number of pyridine rings is 1. The summed E-state index contributed by atoms with van der Waals surface area (Å²) < 4.78 is 19.4. The molecule has 0 unspecified atom stereocenters. The Hall–Kier alpha value is -2.11. The second kappa shape index (κ2) is 3.80. The van der Waals surface area contributed by atoms with E-state index in [-0.39, 0.29) is 16.8 Å². The minimum atomic E-state index is -0.918. The van der Waals surface area contributed by atoms with Gasteiger partial charge in [0.25, 0.3) is 0 Å². The number of carbonyl (C=O) groups excluding carboxylic acids is 1. The predicted molar refractivity (Wildman–Crippen MR) is 53.4 cm³/mol. The highest BCUT2D eigenvalue weighted by Gasteiger charge is 2.16. The van der Waals surface area contributed by atoms with Gasteiger partial charge in [0.2, 0.25) is 5.95 Å². The van der Waals surface area contributed by atoms with Crippen LogP contribution in [-0.4, -0.2) is 27.6 Å². The number of halogens is 1. The molecule has 0 amide bonds. The molecule has 0 atom stereocenters. The molecular formula is C10H9FN2O3. The molecule has 0 aliphatic carbocycles. The molecule has 5 nitrogen and oxygen atoms in total. The molecule has 2 rings (SSSR count). The standard InChI is InChI=1S/C10H9FN2O3/c1-2-16-6-3-8(15)9-7(5-14)10(11)12-13(9)4-6/h3-5,15H,2H2,1H3. The average Bonchev–Trinajstić information content (AvgIpc) is 2.54. The maximum Gasteiger partial charge on any atom is 0.244 e. The Balaban J connectivity index is 2.71. The molecule has 2 aromatic heterocycles. The molecule has 2 aromatic rings. The van der Waals surface area contributed by atoms with Gasteiger partial charge in [0, 0.05) is 6.07 Å². The Morgan fingerprint density at radius 3 is 3.06 bits per heavy atom. The lowest BCUT2D eigenvalue weighted by Crippen LogP contribution is -1.95. The topological polar surface area (TPSA) is 63.8 Å². The van der Waals surface area contributed by atoms with Crippen molar-refractivity contribution >= 4 is 11.8 Å². The number of hydrogen-bond donors (Lipinski definition) is 1. The van der Waals surface area contributed by atoms with E-state index in [4.69, 9.17) is 4.74 Å². The minimum absolute atomic E-state index is 0.0379. The van der Waals surface area contributed by atoms with E-state index in [2.05, 4.69) is 5.10 Å². The first-order chi connectivity index (χ1) is 7.67. The van der Waals surface area contributed by atoms with Crippen molar-refractivity contribution in [3.63, 3.8) is 0 Å². The second-order valence-corrected chi connectivity index (χ2v) is 3.11. The van der Waals surface area contributed by atoms with Gasteiger partial charge >= 0.3 is 0 Å². The Bertz CT molecular complexity index is 550. The first-order valence-corrected chi connectivity index (χ1v) is 4.66. The molecule has 0 saturated heterocycles. The van der Waals surface area contributed by atoms with E-state index < -0.39 is 5.95 Å². The predicted octanol–water partition coefficient (Wildman–Crippen LogP) is 1.39. The van der Waals surface area contributed by atoms with Gasteiger partial charge in [-0.05, 0) is 6.92 Å². The van der Waals surface area contributed by atoms with E-state index in [1.165, 1.54) is 12.3 Å². The molecule has 0 aliphatic heterocycles. The SMILES string of the molecule is CCOc1cc(O)c2c(C=O)c(F)nn2c1. The van der Waals surface area contributed by atoms with E-state index in [0.29, 0.717) is 18.6 Å². The smallest absolute Gasteiger partial charge is 0.244 e. The van der Waals surface area contributed by atoms with Crippen LogP contribution >= 0.6 is 0 Å². The summed E-state index contributed by atoms with van der Waals surface area (Å²) in [5.74, 6) is -0.809. The van der Waals surface area contributed by atoms with Crippen LogP contribution < -0.4 is 4.74 Å². The van der Waals surface area contributed by atoms with Gasteiger partial charge in [-0.2, -0.15) is 4.39 Å². The third-order valence-electron chi connectivity index (χ3n) is 2.10.